The third-order valence-corrected chi connectivity index (χ3v) is 13.8. The molecule has 5 unspecified atom stereocenters. The van der Waals surface area contributed by atoms with Crippen LogP contribution in [0, 0.1) is 44.8 Å². The molecule has 1 saturated heterocycles. The highest BCUT2D eigenvalue weighted by Crippen LogP contribution is 2.89. The van der Waals surface area contributed by atoms with Crippen LogP contribution < -0.4 is 0 Å². The van der Waals surface area contributed by atoms with Gasteiger partial charge in [0.15, 0.2) is 0 Å². The van der Waals surface area contributed by atoms with Crippen molar-refractivity contribution in [2.75, 3.05) is 0 Å². The summed E-state index contributed by atoms with van der Waals surface area (Å²) in [7, 11) is 0. The largest absolute Gasteiger partial charge is 0.393 e. The summed E-state index contributed by atoms with van der Waals surface area (Å²) in [6, 6.07) is 0. The number of ether oxygens (including phenoxy) is 1. The lowest BCUT2D eigenvalue weighted by Gasteiger charge is -2.64. The summed E-state index contributed by atoms with van der Waals surface area (Å²) in [5.74, 6) is 0.577. The molecule has 0 aromatic rings. The molecule has 1 heterocycles. The van der Waals surface area contributed by atoms with E-state index in [0.717, 1.165) is 51.4 Å². The number of hydrogen-bond acceptors (Lipinski definition) is 5. The van der Waals surface area contributed by atoms with Crippen molar-refractivity contribution in [3.8, 4) is 0 Å². The molecule has 200 valence electrons. The Morgan fingerprint density at radius 2 is 1.46 bits per heavy atom. The van der Waals surface area contributed by atoms with Crippen LogP contribution >= 0.6 is 0 Å². The topological polar surface area (TPSA) is 90.2 Å². The van der Waals surface area contributed by atoms with E-state index in [0.29, 0.717) is 5.92 Å². The van der Waals surface area contributed by atoms with Gasteiger partial charge in [-0.1, -0.05) is 27.7 Å². The predicted octanol–water partition coefficient (Wildman–Crippen LogP) is 4.44. The average Bonchev–Trinajstić information content (AvgIpc) is 3.08. The van der Waals surface area contributed by atoms with E-state index >= 15 is 0 Å². The summed E-state index contributed by atoms with van der Waals surface area (Å²) in [5.41, 5.74) is -1.35. The number of rotatable bonds is 2. The molecule has 6 rings (SSSR count). The second kappa shape index (κ2) is 6.86. The van der Waals surface area contributed by atoms with E-state index in [4.69, 9.17) is 4.74 Å². The van der Waals surface area contributed by atoms with E-state index in [1.165, 1.54) is 6.42 Å². The molecule has 2 spiro atoms. The van der Waals surface area contributed by atoms with E-state index in [9.17, 15) is 20.4 Å². The Morgan fingerprint density at radius 1 is 0.771 bits per heavy atom. The molecular weight excluding hydrogens is 440 g/mol. The molecule has 12 atom stereocenters. The van der Waals surface area contributed by atoms with Crippen LogP contribution in [0.15, 0.2) is 0 Å². The van der Waals surface area contributed by atoms with Gasteiger partial charge in [0.1, 0.15) is 0 Å². The fraction of sp³-hybridized carbons (Fsp3) is 1.00. The molecule has 0 radical (unpaired) electrons. The van der Waals surface area contributed by atoms with Gasteiger partial charge >= 0.3 is 0 Å². The molecule has 0 bridgehead atoms. The maximum absolute atomic E-state index is 11.7. The Labute approximate surface area is 212 Å². The zero-order chi connectivity index (χ0) is 25.6. The molecule has 5 nitrogen and oxygen atoms in total. The minimum Gasteiger partial charge on any atom is -0.393 e. The zero-order valence-electron chi connectivity index (χ0n) is 23.1. The van der Waals surface area contributed by atoms with Crippen molar-refractivity contribution in [3.05, 3.63) is 0 Å². The van der Waals surface area contributed by atoms with Gasteiger partial charge in [0, 0.05) is 5.92 Å². The van der Waals surface area contributed by atoms with Crippen LogP contribution in [0.2, 0.25) is 0 Å². The van der Waals surface area contributed by atoms with Crippen LogP contribution in [0.5, 0.6) is 0 Å². The Morgan fingerprint density at radius 3 is 2.09 bits per heavy atom. The molecule has 0 aromatic heterocycles. The molecule has 5 heteroatoms. The third kappa shape index (κ3) is 2.78. The third-order valence-electron chi connectivity index (χ3n) is 13.8. The molecule has 6 fully saturated rings. The first-order valence-corrected chi connectivity index (χ1v) is 14.4. The second-order valence-electron chi connectivity index (χ2n) is 15.9. The predicted molar refractivity (Wildman–Crippen MR) is 134 cm³/mol. The number of fused-ring (bicyclic) bond motifs is 2. The van der Waals surface area contributed by atoms with Gasteiger partial charge in [0.25, 0.3) is 0 Å². The highest BCUT2D eigenvalue weighted by Gasteiger charge is 2.84. The van der Waals surface area contributed by atoms with E-state index in [1.807, 2.05) is 13.8 Å². The fourth-order valence-electron chi connectivity index (χ4n) is 12.1. The number of aliphatic hydroxyl groups is 4. The first kappa shape index (κ1) is 25.1. The summed E-state index contributed by atoms with van der Waals surface area (Å²) < 4.78 is 6.66. The summed E-state index contributed by atoms with van der Waals surface area (Å²) in [6.45, 7) is 15.0. The van der Waals surface area contributed by atoms with Crippen LogP contribution in [0.25, 0.3) is 0 Å². The highest BCUT2D eigenvalue weighted by molar-refractivity contribution is 5.33. The van der Waals surface area contributed by atoms with E-state index < -0.39 is 23.4 Å². The van der Waals surface area contributed by atoms with Crippen LogP contribution in [0.3, 0.4) is 0 Å². The fourth-order valence-corrected chi connectivity index (χ4v) is 12.1. The van der Waals surface area contributed by atoms with Crippen molar-refractivity contribution in [1.82, 2.24) is 0 Å². The van der Waals surface area contributed by atoms with Crippen molar-refractivity contribution in [3.63, 3.8) is 0 Å². The van der Waals surface area contributed by atoms with Crippen molar-refractivity contribution in [1.29, 1.82) is 0 Å². The normalized spacial score (nSPS) is 60.9. The van der Waals surface area contributed by atoms with Crippen molar-refractivity contribution < 1.29 is 25.2 Å². The summed E-state index contributed by atoms with van der Waals surface area (Å²) in [6.07, 6.45) is 7.18. The van der Waals surface area contributed by atoms with Crippen LogP contribution in [0.1, 0.15) is 106 Å². The molecule has 1 aliphatic heterocycles. The average molecular weight is 491 g/mol. The van der Waals surface area contributed by atoms with Gasteiger partial charge in [0.2, 0.25) is 0 Å². The number of hydrogen-bond donors (Lipinski definition) is 4. The van der Waals surface area contributed by atoms with E-state index in [-0.39, 0.29) is 51.1 Å². The van der Waals surface area contributed by atoms with Gasteiger partial charge in [-0.25, -0.2) is 0 Å². The summed E-state index contributed by atoms with van der Waals surface area (Å²) in [4.78, 5) is 0. The Kier molecular flexibility index (Phi) is 4.92. The Bertz CT molecular complexity index is 911. The molecule has 5 saturated carbocycles. The van der Waals surface area contributed by atoms with Gasteiger partial charge < -0.3 is 25.2 Å². The standard InChI is InChI=1S/C30H50O5/c1-24(2)20(33)8-11-30-16-29(30)13-12-26(5)23(28(7)10-9-21(35-28)25(3,4)34)18(32)15-27(26,6)19(29)14-17(31)22(24)30/h17-23,31-34H,8-16H2,1-7H3/t17?,18?,19-,20?,21?,22-,23?,26+,27-,28+,29-,30+/m0/s1. The SMILES string of the molecule is CC(C)(O)C1CC[C@](C)(C2C(O)C[C@@]3(C)[C@@H]4CC(O)[C@H]5C(C)(C)C(O)CC[C@@]56C[C@@]46CC[C@]23C)O1. The van der Waals surface area contributed by atoms with E-state index in [2.05, 4.69) is 34.6 Å². The first-order valence-electron chi connectivity index (χ1n) is 14.4. The van der Waals surface area contributed by atoms with Gasteiger partial charge in [0.05, 0.1) is 35.6 Å². The Hall–Kier alpha value is -0.200. The lowest BCUT2D eigenvalue weighted by Crippen LogP contribution is -2.62. The van der Waals surface area contributed by atoms with E-state index in [1.54, 1.807) is 0 Å². The lowest BCUT2D eigenvalue weighted by atomic mass is 9.41. The number of aliphatic hydroxyl groups excluding tert-OH is 3. The van der Waals surface area contributed by atoms with Crippen molar-refractivity contribution in [2.45, 2.75) is 142 Å². The van der Waals surface area contributed by atoms with Crippen LogP contribution in [-0.2, 0) is 4.74 Å². The zero-order valence-corrected chi connectivity index (χ0v) is 23.1. The molecular formula is C30H50O5. The quantitative estimate of drug-likeness (QED) is 0.460. The summed E-state index contributed by atoms with van der Waals surface area (Å²) in [5, 5.41) is 45.0. The minimum atomic E-state index is -0.886. The van der Waals surface area contributed by atoms with Crippen molar-refractivity contribution in [2.24, 2.45) is 44.8 Å². The second-order valence-corrected chi connectivity index (χ2v) is 15.9. The molecule has 4 N–H and O–H groups in total. The smallest absolute Gasteiger partial charge is 0.0865 e. The molecule has 0 aromatic carbocycles. The molecule has 6 aliphatic rings. The monoisotopic (exact) mass is 490 g/mol. The lowest BCUT2D eigenvalue weighted by molar-refractivity contribution is -0.213. The van der Waals surface area contributed by atoms with Crippen LogP contribution in [-0.4, -0.2) is 56.0 Å². The molecule has 0 amide bonds. The van der Waals surface area contributed by atoms with Gasteiger partial charge in [-0.3, -0.25) is 0 Å². The van der Waals surface area contributed by atoms with Crippen molar-refractivity contribution >= 4 is 0 Å². The Balaban J connectivity index is 1.37. The molecule has 5 aliphatic carbocycles. The maximum Gasteiger partial charge on any atom is 0.0865 e. The first-order chi connectivity index (χ1) is 16.0. The maximum atomic E-state index is 11.7. The van der Waals surface area contributed by atoms with Gasteiger partial charge in [-0.15, -0.1) is 0 Å². The van der Waals surface area contributed by atoms with Gasteiger partial charge in [-0.2, -0.15) is 0 Å². The van der Waals surface area contributed by atoms with Crippen LogP contribution in [0.4, 0.5) is 0 Å². The highest BCUT2D eigenvalue weighted by atomic mass is 16.5. The molecule has 35 heavy (non-hydrogen) atoms. The minimum absolute atomic E-state index is 0.0267. The summed E-state index contributed by atoms with van der Waals surface area (Å²) >= 11 is 0. The van der Waals surface area contributed by atoms with Gasteiger partial charge in [-0.05, 0) is 117 Å².